The Morgan fingerprint density at radius 3 is 2.22 bits per heavy atom. The maximum atomic E-state index is 10.6. The Morgan fingerprint density at radius 2 is 1.94 bits per heavy atom. The summed E-state index contributed by atoms with van der Waals surface area (Å²) in [6.07, 6.45) is 2.27. The number of hydrogen-bond donors (Lipinski definition) is 3. The molecule has 0 aliphatic rings. The Balaban J connectivity index is -0.000000277. The van der Waals surface area contributed by atoms with Crippen LogP contribution in [0.1, 0.15) is 6.42 Å². The summed E-state index contributed by atoms with van der Waals surface area (Å²) in [4.78, 5) is 12.7. The minimum absolute atomic E-state index is 0. The van der Waals surface area contributed by atoms with E-state index < -0.39 is 10.4 Å². The lowest BCUT2D eigenvalue weighted by molar-refractivity contribution is -0.116. The SMILES string of the molecule is C=CC(=O)NCCCN(C)C.COS(=O)(=O)O.N. The average Bonchev–Trinajstić information content (AvgIpc) is 2.23. The number of nitrogens with zero attached hydrogens (tertiary/aromatic N) is 1. The highest BCUT2D eigenvalue weighted by Crippen LogP contribution is 1.80. The summed E-state index contributed by atoms with van der Waals surface area (Å²) >= 11 is 0. The molecular weight excluding hydrogens is 262 g/mol. The fourth-order valence-electron chi connectivity index (χ4n) is 0.679. The molecule has 0 rings (SSSR count). The van der Waals surface area contributed by atoms with Gasteiger partial charge in [-0.1, -0.05) is 6.58 Å². The molecule has 0 aromatic heterocycles. The summed E-state index contributed by atoms with van der Waals surface area (Å²) in [7, 11) is 0.727. The number of carbonyl (C=O) groups is 1. The van der Waals surface area contributed by atoms with E-state index in [1.807, 2.05) is 14.1 Å². The van der Waals surface area contributed by atoms with Gasteiger partial charge >= 0.3 is 10.4 Å². The quantitative estimate of drug-likeness (QED) is 0.351. The summed E-state index contributed by atoms with van der Waals surface area (Å²) in [5, 5.41) is 2.70. The monoisotopic (exact) mass is 285 g/mol. The molecule has 0 saturated heterocycles. The summed E-state index contributed by atoms with van der Waals surface area (Å²) in [6.45, 7) is 5.07. The van der Waals surface area contributed by atoms with E-state index >= 15 is 0 Å². The van der Waals surface area contributed by atoms with Crippen molar-refractivity contribution in [3.63, 3.8) is 0 Å². The Hall–Kier alpha value is -1.00. The van der Waals surface area contributed by atoms with Crippen molar-refractivity contribution in [1.82, 2.24) is 16.4 Å². The minimum Gasteiger partial charge on any atom is -0.353 e. The molecule has 0 unspecified atom stereocenters. The number of amides is 1. The number of nitrogens with one attached hydrogen (secondary N) is 1. The zero-order valence-corrected chi connectivity index (χ0v) is 11.9. The number of carbonyl (C=O) groups excluding carboxylic acids is 1. The van der Waals surface area contributed by atoms with Crippen molar-refractivity contribution in [3.8, 4) is 0 Å². The molecule has 0 atom stereocenters. The second-order valence-electron chi connectivity index (χ2n) is 3.25. The van der Waals surface area contributed by atoms with Gasteiger partial charge in [0.15, 0.2) is 0 Å². The molecule has 0 bridgehead atoms. The van der Waals surface area contributed by atoms with Gasteiger partial charge in [0, 0.05) is 6.54 Å². The van der Waals surface area contributed by atoms with Crippen molar-refractivity contribution in [2.24, 2.45) is 0 Å². The van der Waals surface area contributed by atoms with E-state index in [0.717, 1.165) is 26.6 Å². The van der Waals surface area contributed by atoms with Crippen LogP contribution in [-0.2, 0) is 19.4 Å². The second kappa shape index (κ2) is 12.5. The van der Waals surface area contributed by atoms with Crippen LogP contribution < -0.4 is 11.5 Å². The van der Waals surface area contributed by atoms with E-state index in [0.29, 0.717) is 0 Å². The maximum Gasteiger partial charge on any atom is 0.397 e. The van der Waals surface area contributed by atoms with Crippen LogP contribution in [0.25, 0.3) is 0 Å². The third-order valence-electron chi connectivity index (χ3n) is 1.48. The van der Waals surface area contributed by atoms with Gasteiger partial charge in [-0.2, -0.15) is 8.42 Å². The molecule has 0 aromatic rings. The first kappa shape index (κ1) is 22.2. The fourth-order valence-corrected chi connectivity index (χ4v) is 0.679. The van der Waals surface area contributed by atoms with E-state index in [2.05, 4.69) is 21.0 Å². The Labute approximate surface area is 109 Å². The molecule has 0 radical (unpaired) electrons. The van der Waals surface area contributed by atoms with E-state index in [-0.39, 0.29) is 12.1 Å². The molecule has 0 fully saturated rings. The van der Waals surface area contributed by atoms with Gasteiger partial charge in [-0.3, -0.25) is 13.5 Å². The predicted molar refractivity (Wildman–Crippen MR) is 70.0 cm³/mol. The molecule has 1 amide bonds. The van der Waals surface area contributed by atoms with Gasteiger partial charge < -0.3 is 16.4 Å². The first-order chi connectivity index (χ1) is 7.72. The van der Waals surface area contributed by atoms with Crippen molar-refractivity contribution in [3.05, 3.63) is 12.7 Å². The van der Waals surface area contributed by atoms with Gasteiger partial charge in [0.1, 0.15) is 0 Å². The summed E-state index contributed by atoms with van der Waals surface area (Å²) in [5.74, 6) is -0.0937. The molecule has 5 N–H and O–H groups in total. The zero-order valence-electron chi connectivity index (χ0n) is 11.0. The molecule has 8 nitrogen and oxygen atoms in total. The first-order valence-electron chi connectivity index (χ1n) is 4.81. The zero-order chi connectivity index (χ0) is 13.9. The highest BCUT2D eigenvalue weighted by Gasteiger charge is 1.94. The van der Waals surface area contributed by atoms with Crippen LogP contribution in [0.2, 0.25) is 0 Å². The Morgan fingerprint density at radius 1 is 1.50 bits per heavy atom. The van der Waals surface area contributed by atoms with Gasteiger partial charge in [-0.15, -0.1) is 0 Å². The van der Waals surface area contributed by atoms with Crippen LogP contribution >= 0.6 is 0 Å². The largest absolute Gasteiger partial charge is 0.397 e. The van der Waals surface area contributed by atoms with Gasteiger partial charge in [-0.05, 0) is 33.1 Å². The highest BCUT2D eigenvalue weighted by molar-refractivity contribution is 7.80. The third kappa shape index (κ3) is 24.3. The highest BCUT2D eigenvalue weighted by atomic mass is 32.3. The predicted octanol–water partition coefficient (Wildman–Crippen LogP) is -0.162. The van der Waals surface area contributed by atoms with Gasteiger partial charge in [-0.25, -0.2) is 0 Å². The van der Waals surface area contributed by atoms with Crippen LogP contribution in [0.3, 0.4) is 0 Å². The van der Waals surface area contributed by atoms with E-state index in [1.165, 1.54) is 6.08 Å². The van der Waals surface area contributed by atoms with Gasteiger partial charge in [0.05, 0.1) is 7.11 Å². The molecule has 0 aliphatic carbocycles. The first-order valence-corrected chi connectivity index (χ1v) is 6.17. The molecule has 0 saturated carbocycles. The number of rotatable bonds is 6. The van der Waals surface area contributed by atoms with Crippen LogP contribution in [-0.4, -0.2) is 58.1 Å². The Bertz CT molecular complexity index is 316. The molecule has 18 heavy (non-hydrogen) atoms. The summed E-state index contributed by atoms with van der Waals surface area (Å²) in [6, 6.07) is 0. The van der Waals surface area contributed by atoms with Crippen molar-refractivity contribution in [1.29, 1.82) is 0 Å². The lowest BCUT2D eigenvalue weighted by Gasteiger charge is -2.08. The average molecular weight is 285 g/mol. The van der Waals surface area contributed by atoms with Gasteiger partial charge in [0.25, 0.3) is 0 Å². The van der Waals surface area contributed by atoms with Crippen LogP contribution in [0.4, 0.5) is 0 Å². The lowest BCUT2D eigenvalue weighted by atomic mass is 10.4. The number of hydrogen-bond acceptors (Lipinski definition) is 6. The van der Waals surface area contributed by atoms with Crippen molar-refractivity contribution in [2.45, 2.75) is 6.42 Å². The topological polar surface area (TPSA) is 131 Å². The van der Waals surface area contributed by atoms with Crippen LogP contribution in [0.15, 0.2) is 12.7 Å². The second-order valence-corrected chi connectivity index (χ2v) is 4.44. The molecule has 0 spiro atoms. The molecule has 0 heterocycles. The van der Waals surface area contributed by atoms with E-state index in [1.54, 1.807) is 0 Å². The Kier molecular flexibility index (Phi) is 15.4. The summed E-state index contributed by atoms with van der Waals surface area (Å²) < 4.78 is 29.7. The van der Waals surface area contributed by atoms with Gasteiger partial charge in [0.2, 0.25) is 5.91 Å². The standard InChI is InChI=1S/C8H16N2O.CH4O4S.H3N/c1-4-8(11)9-6-5-7-10(2)3;1-5-6(2,3)4;/h4H,1,5-7H2,2-3H3,(H,9,11);1H3,(H,2,3,4);1H3. The van der Waals surface area contributed by atoms with Crippen molar-refractivity contribution in [2.75, 3.05) is 34.3 Å². The smallest absolute Gasteiger partial charge is 0.353 e. The van der Waals surface area contributed by atoms with E-state index in [4.69, 9.17) is 4.55 Å². The van der Waals surface area contributed by atoms with E-state index in [9.17, 15) is 13.2 Å². The van der Waals surface area contributed by atoms with Crippen molar-refractivity contribution >= 4 is 16.3 Å². The molecule has 9 heteroatoms. The minimum atomic E-state index is -4.16. The van der Waals surface area contributed by atoms with Crippen molar-refractivity contribution < 1.29 is 21.9 Å². The molecule has 0 aromatic carbocycles. The summed E-state index contributed by atoms with van der Waals surface area (Å²) in [5.41, 5.74) is 0. The fraction of sp³-hybridized carbons (Fsp3) is 0.667. The molecule has 110 valence electrons. The lowest BCUT2D eigenvalue weighted by Crippen LogP contribution is -2.25. The molecular formula is C9H23N3O5S. The molecule has 0 aliphatic heterocycles. The van der Waals surface area contributed by atoms with Crippen LogP contribution in [0.5, 0.6) is 0 Å². The third-order valence-corrected chi connectivity index (χ3v) is 1.90. The normalized spacial score (nSPS) is 9.83. The maximum absolute atomic E-state index is 10.6. The van der Waals surface area contributed by atoms with Crippen LogP contribution in [0, 0.1) is 0 Å².